The number of fused-ring (bicyclic) bond motifs is 1. The molecular weight excluding hydrogens is 424 g/mol. The van der Waals surface area contributed by atoms with Crippen molar-refractivity contribution in [3.8, 4) is 5.75 Å². The Hall–Kier alpha value is -3.51. The summed E-state index contributed by atoms with van der Waals surface area (Å²) in [6.07, 6.45) is 1.83. The lowest BCUT2D eigenvalue weighted by atomic mass is 9.91. The summed E-state index contributed by atoms with van der Waals surface area (Å²) in [6.45, 7) is 0.125. The molecule has 3 aromatic carbocycles. The highest BCUT2D eigenvalue weighted by molar-refractivity contribution is 7.96. The smallest absolute Gasteiger partial charge is 0.396 e. The van der Waals surface area contributed by atoms with E-state index in [1.165, 1.54) is 0 Å². The number of para-hydroxylation sites is 1. The summed E-state index contributed by atoms with van der Waals surface area (Å²) < 4.78 is 11.0. The van der Waals surface area contributed by atoms with Crippen LogP contribution in [0.25, 0.3) is 11.0 Å². The van der Waals surface area contributed by atoms with Gasteiger partial charge < -0.3 is 14.3 Å². The molecule has 0 radical (unpaired) electrons. The molecule has 0 saturated carbocycles. The van der Waals surface area contributed by atoms with Gasteiger partial charge in [-0.25, -0.2) is 4.79 Å². The largest absolute Gasteiger partial charge is 0.503 e. The highest BCUT2D eigenvalue weighted by atomic mass is 32.2. The Balaban J connectivity index is 1.49. The molecule has 0 bridgehead atoms. The number of carbonyl (C=O) groups is 1. The number of benzene rings is 3. The quantitative estimate of drug-likeness (QED) is 0.257. The Morgan fingerprint density at radius 1 is 0.938 bits per heavy atom. The maximum Gasteiger partial charge on any atom is 0.396 e. The molecule has 1 heterocycles. The zero-order chi connectivity index (χ0) is 22.5. The van der Waals surface area contributed by atoms with Gasteiger partial charge in [0.1, 0.15) is 30.1 Å². The Morgan fingerprint density at radius 3 is 2.12 bits per heavy atom. The molecule has 0 fully saturated rings. The summed E-state index contributed by atoms with van der Waals surface area (Å²) in [5, 5.41) is 11.1. The molecule has 0 aliphatic rings. The van der Waals surface area contributed by atoms with Crippen molar-refractivity contribution in [1.82, 2.24) is 0 Å². The van der Waals surface area contributed by atoms with Gasteiger partial charge in [0.15, 0.2) is 5.75 Å². The van der Waals surface area contributed by atoms with Gasteiger partial charge >= 0.3 is 11.6 Å². The predicted molar refractivity (Wildman–Crippen MR) is 126 cm³/mol. The molecule has 1 unspecified atom stereocenters. The van der Waals surface area contributed by atoms with E-state index >= 15 is 0 Å². The lowest BCUT2D eigenvalue weighted by Crippen LogP contribution is -2.23. The maximum atomic E-state index is 13.0. The summed E-state index contributed by atoms with van der Waals surface area (Å²) in [5.74, 6) is -0.552. The molecule has 0 aliphatic heterocycles. The fraction of sp³-hybridized carbons (Fsp3) is 0.154. The average molecular weight is 448 g/mol. The fourth-order valence-corrected chi connectivity index (χ4v) is 4.94. The average Bonchev–Trinajstić information content (AvgIpc) is 2.81. The van der Waals surface area contributed by atoms with Gasteiger partial charge in [0.25, 0.3) is 4.90 Å². The van der Waals surface area contributed by atoms with Crippen LogP contribution in [0.2, 0.25) is 0 Å². The van der Waals surface area contributed by atoms with Crippen LogP contribution >= 0.6 is 0 Å². The zero-order valence-corrected chi connectivity index (χ0v) is 18.4. The lowest BCUT2D eigenvalue weighted by Gasteiger charge is -2.17. The second-order valence-corrected chi connectivity index (χ2v) is 9.42. The van der Waals surface area contributed by atoms with Crippen LogP contribution in [0.5, 0.6) is 5.75 Å². The first-order chi connectivity index (χ1) is 15.6. The van der Waals surface area contributed by atoms with Crippen LogP contribution in [-0.2, 0) is 20.4 Å². The van der Waals surface area contributed by atoms with Crippen molar-refractivity contribution in [2.45, 2.75) is 10.8 Å². The third-order valence-electron chi connectivity index (χ3n) is 5.23. The van der Waals surface area contributed by atoms with Crippen molar-refractivity contribution in [3.05, 3.63) is 106 Å². The van der Waals surface area contributed by atoms with Crippen LogP contribution in [0.4, 0.5) is 0 Å². The molecule has 162 valence electrons. The van der Waals surface area contributed by atoms with Gasteiger partial charge in [0.05, 0.1) is 5.39 Å². The van der Waals surface area contributed by atoms with Crippen molar-refractivity contribution in [2.24, 2.45) is 0 Å². The van der Waals surface area contributed by atoms with Crippen LogP contribution < -0.4 is 5.63 Å². The number of hydrogen-bond acceptors (Lipinski definition) is 5. The summed E-state index contributed by atoms with van der Waals surface area (Å²) in [7, 11) is -0.665. The second-order valence-electron chi connectivity index (χ2n) is 7.33. The fourth-order valence-electron chi connectivity index (χ4n) is 3.63. The van der Waals surface area contributed by atoms with E-state index in [9.17, 15) is 14.7 Å². The predicted octanol–water partition coefficient (Wildman–Crippen LogP) is 4.48. The molecule has 4 aromatic rings. The van der Waals surface area contributed by atoms with Crippen LogP contribution in [0.1, 0.15) is 17.0 Å². The molecule has 5 nitrogen and oxygen atoms in total. The van der Waals surface area contributed by atoms with E-state index in [4.69, 9.17) is 9.15 Å². The topological polar surface area (TPSA) is 76.7 Å². The van der Waals surface area contributed by atoms with E-state index in [1.807, 2.05) is 66.9 Å². The number of rotatable bonds is 7. The third kappa shape index (κ3) is 4.55. The summed E-state index contributed by atoms with van der Waals surface area (Å²) >= 11 is 0. The number of carbonyl (C=O) groups excluding carboxylic acids is 1. The maximum absolute atomic E-state index is 13.0. The van der Waals surface area contributed by atoms with Gasteiger partial charge in [-0.3, -0.25) is 4.79 Å². The second kappa shape index (κ2) is 9.75. The Kier molecular flexibility index (Phi) is 6.61. The van der Waals surface area contributed by atoms with Crippen molar-refractivity contribution >= 4 is 27.8 Å². The van der Waals surface area contributed by atoms with E-state index < -0.39 is 22.4 Å². The normalized spacial score (nSPS) is 12.1. The van der Waals surface area contributed by atoms with Crippen LogP contribution in [0, 0.1) is 0 Å². The SMILES string of the molecule is C[S+](CCOC(=O)C(c1ccccc1)c1ccccc1)c1c(O)c2ccccc2oc1=O. The van der Waals surface area contributed by atoms with Crippen LogP contribution in [-0.4, -0.2) is 29.7 Å². The van der Waals surface area contributed by atoms with Gasteiger partial charge in [-0.05, 0) is 23.3 Å². The standard InChI is InChI=1S/C26H22O5S/c1-32(24-23(27)20-14-8-9-15-21(20)31-26(24)29)17-16-30-25(28)22(18-10-4-2-5-11-18)19-12-6-3-7-13-19/h2-15,22H,16-17H2,1H3/p+1. The van der Waals surface area contributed by atoms with Crippen molar-refractivity contribution in [1.29, 1.82) is 0 Å². The summed E-state index contributed by atoms with van der Waals surface area (Å²) in [4.78, 5) is 25.7. The van der Waals surface area contributed by atoms with E-state index in [0.29, 0.717) is 16.7 Å². The molecule has 1 N–H and O–H groups in total. The highest BCUT2D eigenvalue weighted by Gasteiger charge is 2.30. The lowest BCUT2D eigenvalue weighted by molar-refractivity contribution is -0.143. The Labute approximate surface area is 188 Å². The van der Waals surface area contributed by atoms with Crippen molar-refractivity contribution < 1.29 is 19.1 Å². The van der Waals surface area contributed by atoms with E-state index in [-0.39, 0.29) is 23.2 Å². The molecule has 6 heteroatoms. The first-order valence-electron chi connectivity index (χ1n) is 10.2. The minimum absolute atomic E-state index is 0.0690. The number of aromatic hydroxyl groups is 1. The first-order valence-corrected chi connectivity index (χ1v) is 12.0. The van der Waals surface area contributed by atoms with Crippen molar-refractivity contribution in [2.75, 3.05) is 18.6 Å². The minimum atomic E-state index is -0.665. The molecule has 0 amide bonds. The summed E-state index contributed by atoms with van der Waals surface area (Å²) in [6, 6.07) is 25.9. The minimum Gasteiger partial charge on any atom is -0.503 e. The van der Waals surface area contributed by atoms with Crippen LogP contribution in [0.3, 0.4) is 0 Å². The molecule has 1 atom stereocenters. The Morgan fingerprint density at radius 2 is 1.50 bits per heavy atom. The third-order valence-corrected chi connectivity index (χ3v) is 7.07. The van der Waals surface area contributed by atoms with Gasteiger partial charge in [0.2, 0.25) is 0 Å². The van der Waals surface area contributed by atoms with Gasteiger partial charge in [-0.2, -0.15) is 0 Å². The number of esters is 1. The number of hydrogen-bond donors (Lipinski definition) is 1. The molecule has 0 spiro atoms. The van der Waals surface area contributed by atoms with Gasteiger partial charge in [0, 0.05) is 10.9 Å². The van der Waals surface area contributed by atoms with E-state index in [2.05, 4.69) is 0 Å². The molecule has 32 heavy (non-hydrogen) atoms. The molecule has 0 aliphatic carbocycles. The first kappa shape index (κ1) is 21.7. The van der Waals surface area contributed by atoms with Crippen LogP contribution in [0.15, 0.2) is 99.0 Å². The number of ether oxygens (including phenoxy) is 1. The van der Waals surface area contributed by atoms with Gasteiger partial charge in [-0.15, -0.1) is 0 Å². The van der Waals surface area contributed by atoms with Crippen molar-refractivity contribution in [3.63, 3.8) is 0 Å². The molecule has 4 rings (SSSR count). The van der Waals surface area contributed by atoms with E-state index in [1.54, 1.807) is 24.3 Å². The zero-order valence-electron chi connectivity index (χ0n) is 17.6. The molecule has 0 saturated heterocycles. The van der Waals surface area contributed by atoms with E-state index in [0.717, 1.165) is 11.1 Å². The Bertz CT molecular complexity index is 1230. The molecule has 1 aromatic heterocycles. The molecular formula is C26H23O5S+. The summed E-state index contributed by atoms with van der Waals surface area (Å²) in [5.41, 5.74) is 1.49. The highest BCUT2D eigenvalue weighted by Crippen LogP contribution is 2.30. The monoisotopic (exact) mass is 447 g/mol. The van der Waals surface area contributed by atoms with Gasteiger partial charge in [-0.1, -0.05) is 72.8 Å².